The molecule has 1 amide bonds. The van der Waals surface area contributed by atoms with Crippen molar-refractivity contribution in [1.29, 1.82) is 0 Å². The molecule has 0 unspecified atom stereocenters. The lowest BCUT2D eigenvalue weighted by Crippen LogP contribution is -2.61. The SMILES string of the molecule is C[C@@H](OC(=O)c1c2c(nc3ccccc13)CCC2)C(=O)NC12CC3CC(CC(C3)C1)C2. The van der Waals surface area contributed by atoms with E-state index in [0.29, 0.717) is 5.56 Å². The molecule has 4 fully saturated rings. The molecule has 5 heteroatoms. The minimum atomic E-state index is -0.801. The van der Waals surface area contributed by atoms with Crippen LogP contribution in [0.3, 0.4) is 0 Å². The fraction of sp³-hybridized carbons (Fsp3) is 0.577. The Labute approximate surface area is 182 Å². The number of fused-ring (bicyclic) bond motifs is 2. The fourth-order valence-electron chi connectivity index (χ4n) is 7.34. The number of esters is 1. The zero-order valence-corrected chi connectivity index (χ0v) is 18.2. The summed E-state index contributed by atoms with van der Waals surface area (Å²) in [5.74, 6) is 1.73. The molecule has 4 saturated carbocycles. The average Bonchev–Trinajstić information content (AvgIpc) is 3.18. The van der Waals surface area contributed by atoms with Crippen molar-refractivity contribution in [2.45, 2.75) is 76.4 Å². The molecule has 1 atom stereocenters. The number of para-hydroxylation sites is 1. The molecule has 0 aliphatic heterocycles. The van der Waals surface area contributed by atoms with E-state index in [1.165, 1.54) is 19.3 Å². The van der Waals surface area contributed by atoms with Gasteiger partial charge in [-0.2, -0.15) is 0 Å². The van der Waals surface area contributed by atoms with Gasteiger partial charge in [-0.1, -0.05) is 18.2 Å². The second-order valence-corrected chi connectivity index (χ2v) is 10.5. The van der Waals surface area contributed by atoms with Gasteiger partial charge < -0.3 is 10.1 Å². The minimum absolute atomic E-state index is 0.0723. The summed E-state index contributed by atoms with van der Waals surface area (Å²) in [7, 11) is 0. The van der Waals surface area contributed by atoms with E-state index >= 15 is 0 Å². The topological polar surface area (TPSA) is 68.3 Å². The van der Waals surface area contributed by atoms with Gasteiger partial charge in [0, 0.05) is 16.6 Å². The Morgan fingerprint density at radius 1 is 1.06 bits per heavy atom. The van der Waals surface area contributed by atoms with Gasteiger partial charge in [-0.15, -0.1) is 0 Å². The number of carbonyl (C=O) groups excluding carboxylic acids is 2. The number of amides is 1. The van der Waals surface area contributed by atoms with Crippen LogP contribution in [0.1, 0.15) is 73.5 Å². The van der Waals surface area contributed by atoms with E-state index in [2.05, 4.69) is 5.32 Å². The highest BCUT2D eigenvalue weighted by molar-refractivity contribution is 6.06. The van der Waals surface area contributed by atoms with Crippen LogP contribution in [0.4, 0.5) is 0 Å². The molecule has 1 aromatic carbocycles. The summed E-state index contributed by atoms with van der Waals surface area (Å²) in [6, 6.07) is 7.73. The van der Waals surface area contributed by atoms with Crippen molar-refractivity contribution in [1.82, 2.24) is 10.3 Å². The third kappa shape index (κ3) is 3.24. The molecule has 1 aromatic heterocycles. The number of pyridine rings is 1. The van der Waals surface area contributed by atoms with Crippen molar-refractivity contribution in [3.05, 3.63) is 41.1 Å². The lowest BCUT2D eigenvalue weighted by atomic mass is 9.53. The minimum Gasteiger partial charge on any atom is -0.449 e. The molecule has 162 valence electrons. The highest BCUT2D eigenvalue weighted by Gasteiger charge is 2.51. The number of aromatic nitrogens is 1. The largest absolute Gasteiger partial charge is 0.449 e. The molecule has 5 aliphatic carbocycles. The summed E-state index contributed by atoms with van der Waals surface area (Å²) in [5, 5.41) is 4.16. The number of aryl methyl sites for hydroxylation is 1. The molecule has 5 nitrogen and oxygen atoms in total. The van der Waals surface area contributed by atoms with Crippen LogP contribution in [0.25, 0.3) is 10.9 Å². The number of carbonyl (C=O) groups is 2. The van der Waals surface area contributed by atoms with Crippen LogP contribution >= 0.6 is 0 Å². The van der Waals surface area contributed by atoms with Gasteiger partial charge in [0.25, 0.3) is 5.91 Å². The van der Waals surface area contributed by atoms with E-state index in [4.69, 9.17) is 9.72 Å². The number of hydrogen-bond acceptors (Lipinski definition) is 4. The number of hydrogen-bond donors (Lipinski definition) is 1. The Kier molecular flexibility index (Phi) is 4.38. The first-order valence-electron chi connectivity index (χ1n) is 11.9. The normalized spacial score (nSPS) is 31.5. The second kappa shape index (κ2) is 7.04. The number of rotatable bonds is 4. The Morgan fingerprint density at radius 2 is 1.74 bits per heavy atom. The van der Waals surface area contributed by atoms with Crippen LogP contribution < -0.4 is 5.32 Å². The predicted octanol–water partition coefficient (Wildman–Crippen LogP) is 4.35. The average molecular weight is 419 g/mol. The van der Waals surface area contributed by atoms with Gasteiger partial charge in [0.15, 0.2) is 6.10 Å². The highest BCUT2D eigenvalue weighted by Crippen LogP contribution is 2.55. The van der Waals surface area contributed by atoms with E-state index in [1.54, 1.807) is 6.92 Å². The van der Waals surface area contributed by atoms with Crippen LogP contribution in [0.15, 0.2) is 24.3 Å². The molecule has 0 radical (unpaired) electrons. The second-order valence-electron chi connectivity index (χ2n) is 10.5. The molecular formula is C26H30N2O3. The van der Waals surface area contributed by atoms with Crippen LogP contribution in [0, 0.1) is 17.8 Å². The van der Waals surface area contributed by atoms with Crippen molar-refractivity contribution in [2.75, 3.05) is 0 Å². The maximum atomic E-state index is 13.3. The van der Waals surface area contributed by atoms with Crippen molar-refractivity contribution >= 4 is 22.8 Å². The Bertz CT molecular complexity index is 1040. The van der Waals surface area contributed by atoms with Crippen molar-refractivity contribution < 1.29 is 14.3 Å². The summed E-state index contributed by atoms with van der Waals surface area (Å²) in [4.78, 5) is 31.1. The van der Waals surface area contributed by atoms with Crippen LogP contribution in [0.5, 0.6) is 0 Å². The summed E-state index contributed by atoms with van der Waals surface area (Å²) < 4.78 is 5.77. The smallest absolute Gasteiger partial charge is 0.339 e. The standard InChI is InChI=1S/C26H30N2O3/c1-15(24(29)28-26-12-16-9-17(13-26)11-18(10-16)14-26)31-25(30)23-19-5-2-3-7-21(19)27-22-8-4-6-20(22)23/h2-3,5,7,15-18H,4,6,8-14H2,1H3,(H,28,29)/t15-,16?,17?,18?,26?/m1/s1. The van der Waals surface area contributed by atoms with Gasteiger partial charge in [0.2, 0.25) is 0 Å². The van der Waals surface area contributed by atoms with Gasteiger partial charge in [0.1, 0.15) is 0 Å². The van der Waals surface area contributed by atoms with Gasteiger partial charge >= 0.3 is 5.97 Å². The number of benzene rings is 1. The maximum Gasteiger partial charge on any atom is 0.339 e. The zero-order valence-electron chi connectivity index (χ0n) is 18.2. The van der Waals surface area contributed by atoms with E-state index in [1.807, 2.05) is 24.3 Å². The monoisotopic (exact) mass is 418 g/mol. The van der Waals surface area contributed by atoms with Crippen LogP contribution in [-0.4, -0.2) is 28.5 Å². The molecule has 5 aliphatic rings. The van der Waals surface area contributed by atoms with Gasteiger partial charge in [-0.25, -0.2) is 4.79 Å². The fourth-order valence-corrected chi connectivity index (χ4v) is 7.34. The molecule has 0 spiro atoms. The molecular weight excluding hydrogens is 388 g/mol. The first kappa shape index (κ1) is 19.3. The van der Waals surface area contributed by atoms with Gasteiger partial charge in [-0.3, -0.25) is 9.78 Å². The lowest BCUT2D eigenvalue weighted by molar-refractivity contribution is -0.134. The first-order chi connectivity index (χ1) is 15.0. The van der Waals surface area contributed by atoms with E-state index < -0.39 is 12.1 Å². The highest BCUT2D eigenvalue weighted by atomic mass is 16.5. The van der Waals surface area contributed by atoms with Crippen LogP contribution in [0.2, 0.25) is 0 Å². The van der Waals surface area contributed by atoms with Crippen molar-refractivity contribution in [2.24, 2.45) is 17.8 Å². The molecule has 1 N–H and O–H groups in total. The summed E-state index contributed by atoms with van der Waals surface area (Å²) >= 11 is 0. The van der Waals surface area contributed by atoms with Crippen molar-refractivity contribution in [3.8, 4) is 0 Å². The number of nitrogens with one attached hydrogen (secondary N) is 1. The first-order valence-corrected chi connectivity index (χ1v) is 11.9. The van der Waals surface area contributed by atoms with E-state index in [0.717, 1.165) is 78.4 Å². The Morgan fingerprint density at radius 3 is 2.45 bits per heavy atom. The van der Waals surface area contributed by atoms with Gasteiger partial charge in [-0.05, 0) is 94.1 Å². The maximum absolute atomic E-state index is 13.3. The third-order valence-corrected chi connectivity index (χ3v) is 8.20. The molecule has 2 aromatic rings. The Hall–Kier alpha value is -2.43. The lowest BCUT2D eigenvalue weighted by Gasteiger charge is -2.57. The molecule has 4 bridgehead atoms. The molecule has 1 heterocycles. The molecule has 31 heavy (non-hydrogen) atoms. The van der Waals surface area contributed by atoms with Crippen molar-refractivity contribution in [3.63, 3.8) is 0 Å². The molecule has 7 rings (SSSR count). The Balaban J connectivity index is 1.22. The van der Waals surface area contributed by atoms with Gasteiger partial charge in [0.05, 0.1) is 11.1 Å². The molecule has 0 saturated heterocycles. The summed E-state index contributed by atoms with van der Waals surface area (Å²) in [6.45, 7) is 1.71. The third-order valence-electron chi connectivity index (χ3n) is 8.20. The number of nitrogens with zero attached hydrogens (tertiary/aromatic N) is 1. The van der Waals surface area contributed by atoms with Crippen LogP contribution in [-0.2, 0) is 22.4 Å². The summed E-state index contributed by atoms with van der Waals surface area (Å²) in [6.07, 6.45) is 9.20. The van der Waals surface area contributed by atoms with E-state index in [9.17, 15) is 9.59 Å². The number of ether oxygens (including phenoxy) is 1. The predicted molar refractivity (Wildman–Crippen MR) is 118 cm³/mol. The zero-order chi connectivity index (χ0) is 21.2. The quantitative estimate of drug-likeness (QED) is 0.750. The summed E-state index contributed by atoms with van der Waals surface area (Å²) in [5.41, 5.74) is 3.35. The van der Waals surface area contributed by atoms with E-state index in [-0.39, 0.29) is 11.4 Å².